The minimum atomic E-state index is 0.0797. The molecule has 9 heteroatoms. The van der Waals surface area contributed by atoms with Crippen molar-refractivity contribution in [2.75, 3.05) is 49.1 Å². The first-order chi connectivity index (χ1) is 20.1. The van der Waals surface area contributed by atoms with Crippen molar-refractivity contribution < 1.29 is 5.11 Å². The first-order valence-electron chi connectivity index (χ1n) is 15.3. The Labute approximate surface area is 240 Å². The lowest BCUT2D eigenvalue weighted by Crippen LogP contribution is -2.60. The van der Waals surface area contributed by atoms with Crippen LogP contribution >= 0.6 is 0 Å². The molecular weight excluding hydrogens is 512 g/mol. The highest BCUT2D eigenvalue weighted by molar-refractivity contribution is 5.86. The van der Waals surface area contributed by atoms with Gasteiger partial charge in [-0.1, -0.05) is 18.6 Å². The van der Waals surface area contributed by atoms with Gasteiger partial charge in [0.1, 0.15) is 5.75 Å². The van der Waals surface area contributed by atoms with Crippen molar-refractivity contribution in [2.45, 2.75) is 51.5 Å². The highest BCUT2D eigenvalue weighted by Gasteiger charge is 2.47. The van der Waals surface area contributed by atoms with Crippen LogP contribution < -0.4 is 9.80 Å². The quantitative estimate of drug-likeness (QED) is 0.361. The number of para-hydroxylation sites is 1. The number of nitrogens with zero attached hydrogens (tertiary/aromatic N) is 7. The van der Waals surface area contributed by atoms with Crippen LogP contribution in [0.3, 0.4) is 0 Å². The number of anilines is 2. The number of hydrogen-bond acceptors (Lipinski definition) is 8. The zero-order valence-corrected chi connectivity index (χ0v) is 23.8. The Balaban J connectivity index is 0.951. The molecule has 1 aromatic carbocycles. The third-order valence-corrected chi connectivity index (χ3v) is 10.3. The summed E-state index contributed by atoms with van der Waals surface area (Å²) in [5.41, 5.74) is 6.38. The van der Waals surface area contributed by atoms with E-state index >= 15 is 0 Å². The van der Waals surface area contributed by atoms with Gasteiger partial charge >= 0.3 is 0 Å². The second-order valence-electron chi connectivity index (χ2n) is 12.8. The van der Waals surface area contributed by atoms with Crippen LogP contribution in [0.2, 0.25) is 0 Å². The van der Waals surface area contributed by atoms with Gasteiger partial charge < -0.3 is 24.8 Å². The largest absolute Gasteiger partial charge is 0.507 e. The molecule has 9 nitrogen and oxygen atoms in total. The second-order valence-corrected chi connectivity index (χ2v) is 12.8. The molecule has 1 saturated carbocycles. The zero-order valence-electron chi connectivity index (χ0n) is 23.8. The summed E-state index contributed by atoms with van der Waals surface area (Å²) < 4.78 is 0. The molecule has 4 aliphatic rings. The number of aromatic amines is 1. The monoisotopic (exact) mass is 550 g/mol. The van der Waals surface area contributed by atoms with Crippen LogP contribution in [0.4, 0.5) is 11.6 Å². The molecule has 1 spiro atoms. The Kier molecular flexibility index (Phi) is 5.91. The number of hydrogen-bond donors (Lipinski definition) is 2. The van der Waals surface area contributed by atoms with Crippen molar-refractivity contribution in [2.24, 2.45) is 11.3 Å². The fourth-order valence-electron chi connectivity index (χ4n) is 7.80. The predicted molar refractivity (Wildman–Crippen MR) is 160 cm³/mol. The summed E-state index contributed by atoms with van der Waals surface area (Å²) in [6, 6.07) is 9.38. The van der Waals surface area contributed by atoms with Gasteiger partial charge in [0.2, 0.25) is 5.95 Å². The zero-order chi connectivity index (χ0) is 27.6. The van der Waals surface area contributed by atoms with Gasteiger partial charge in [-0.3, -0.25) is 0 Å². The van der Waals surface area contributed by atoms with Gasteiger partial charge in [0, 0.05) is 67.9 Å². The molecule has 2 saturated heterocycles. The second kappa shape index (κ2) is 9.69. The van der Waals surface area contributed by atoms with Gasteiger partial charge in [-0.15, -0.1) is 10.2 Å². The van der Waals surface area contributed by atoms with Gasteiger partial charge in [0.05, 0.1) is 29.8 Å². The van der Waals surface area contributed by atoms with Crippen molar-refractivity contribution in [3.8, 4) is 17.0 Å². The first-order valence-corrected chi connectivity index (χ1v) is 15.3. The standard InChI is InChI=1S/C32H38N8O/c1-21-29-25-15-27(24-5-2-3-6-28(24)41)36-37-30(25)35-26(29)9-14-40(21)31-33-16-23(17-34-31)39-12-7-22(8-13-39)18-38-19-32(20-38)10-4-11-32/h2-3,5-6,15-17,21-22,41H,4,7-14,18-20H2,1H3,(H,35,37). The summed E-state index contributed by atoms with van der Waals surface area (Å²) in [6.45, 7) is 9.21. The first kappa shape index (κ1) is 25.0. The number of phenols is 1. The highest BCUT2D eigenvalue weighted by atomic mass is 16.3. The molecule has 212 valence electrons. The van der Waals surface area contributed by atoms with E-state index in [-0.39, 0.29) is 11.8 Å². The van der Waals surface area contributed by atoms with E-state index in [1.54, 1.807) is 6.07 Å². The number of piperidine rings is 1. The Morgan fingerprint density at radius 1 is 1.02 bits per heavy atom. The lowest BCUT2D eigenvalue weighted by atomic mass is 9.63. The fourth-order valence-corrected chi connectivity index (χ4v) is 7.80. The Hall–Kier alpha value is -3.72. The summed E-state index contributed by atoms with van der Waals surface area (Å²) in [6.07, 6.45) is 11.8. The Morgan fingerprint density at radius 3 is 2.54 bits per heavy atom. The Bertz CT molecular complexity index is 1560. The molecule has 1 aliphatic carbocycles. The van der Waals surface area contributed by atoms with Crippen molar-refractivity contribution in [1.29, 1.82) is 0 Å². The van der Waals surface area contributed by atoms with E-state index in [9.17, 15) is 5.11 Å². The maximum Gasteiger partial charge on any atom is 0.225 e. The summed E-state index contributed by atoms with van der Waals surface area (Å²) in [5, 5.41) is 20.3. The topological polar surface area (TPSA) is 97.3 Å². The molecular formula is C32H38N8O. The van der Waals surface area contributed by atoms with Crippen LogP contribution in [0.15, 0.2) is 42.7 Å². The lowest BCUT2D eigenvalue weighted by Gasteiger charge is -2.57. The molecule has 3 aromatic heterocycles. The average Bonchev–Trinajstić information content (AvgIpc) is 3.33. The molecule has 8 rings (SSSR count). The number of H-pyrrole nitrogens is 1. The van der Waals surface area contributed by atoms with E-state index in [0.717, 1.165) is 60.1 Å². The SMILES string of the molecule is CC1c2c([nH]c3nnc(-c4ccccc4O)cc23)CCN1c1ncc(N2CCC(CN3CC4(CCC4)C3)CC2)cn1. The van der Waals surface area contributed by atoms with Crippen molar-refractivity contribution in [3.63, 3.8) is 0 Å². The van der Waals surface area contributed by atoms with Crippen molar-refractivity contribution in [1.82, 2.24) is 30.0 Å². The number of nitrogens with one attached hydrogen (secondary N) is 1. The molecule has 2 N–H and O–H groups in total. The van der Waals surface area contributed by atoms with Gasteiger partial charge in [-0.25, -0.2) is 9.97 Å². The van der Waals surface area contributed by atoms with Gasteiger partial charge in [-0.05, 0) is 62.1 Å². The minimum Gasteiger partial charge on any atom is -0.507 e. The Morgan fingerprint density at radius 2 is 1.80 bits per heavy atom. The van der Waals surface area contributed by atoms with Gasteiger partial charge in [-0.2, -0.15) is 0 Å². The molecule has 1 atom stereocenters. The molecule has 41 heavy (non-hydrogen) atoms. The number of phenolic OH excluding ortho intramolecular Hbond substituents is 1. The van der Waals surface area contributed by atoms with E-state index in [2.05, 4.69) is 36.8 Å². The highest BCUT2D eigenvalue weighted by Crippen LogP contribution is 2.48. The third-order valence-electron chi connectivity index (χ3n) is 10.3. The normalized spacial score (nSPS) is 22.5. The molecule has 4 aromatic rings. The average molecular weight is 551 g/mol. The third kappa shape index (κ3) is 4.33. The molecule has 0 bridgehead atoms. The lowest BCUT2D eigenvalue weighted by molar-refractivity contribution is -0.0676. The molecule has 3 fully saturated rings. The van der Waals surface area contributed by atoms with E-state index in [0.29, 0.717) is 11.3 Å². The summed E-state index contributed by atoms with van der Waals surface area (Å²) >= 11 is 0. The van der Waals surface area contributed by atoms with E-state index in [1.165, 1.54) is 63.0 Å². The van der Waals surface area contributed by atoms with E-state index in [4.69, 9.17) is 9.97 Å². The number of aromatic nitrogens is 5. The van der Waals surface area contributed by atoms with Crippen molar-refractivity contribution >= 4 is 22.7 Å². The van der Waals surface area contributed by atoms with Crippen LogP contribution in [0, 0.1) is 11.3 Å². The summed E-state index contributed by atoms with van der Waals surface area (Å²) in [5.74, 6) is 1.79. The van der Waals surface area contributed by atoms with Crippen LogP contribution in [0.5, 0.6) is 5.75 Å². The van der Waals surface area contributed by atoms with Crippen LogP contribution in [0.25, 0.3) is 22.3 Å². The number of rotatable bonds is 5. The predicted octanol–water partition coefficient (Wildman–Crippen LogP) is 4.95. The van der Waals surface area contributed by atoms with Crippen LogP contribution in [0.1, 0.15) is 56.3 Å². The maximum atomic E-state index is 10.4. The molecule has 1 unspecified atom stereocenters. The molecule has 6 heterocycles. The smallest absolute Gasteiger partial charge is 0.225 e. The molecule has 0 radical (unpaired) electrons. The van der Waals surface area contributed by atoms with Crippen LogP contribution in [-0.4, -0.2) is 74.4 Å². The minimum absolute atomic E-state index is 0.0797. The number of benzene rings is 1. The number of fused-ring (bicyclic) bond motifs is 3. The summed E-state index contributed by atoms with van der Waals surface area (Å²) in [7, 11) is 0. The molecule has 3 aliphatic heterocycles. The van der Waals surface area contributed by atoms with Crippen LogP contribution in [-0.2, 0) is 6.42 Å². The number of aromatic hydroxyl groups is 1. The molecule has 0 amide bonds. The van der Waals surface area contributed by atoms with Crippen molar-refractivity contribution in [3.05, 3.63) is 54.0 Å². The van der Waals surface area contributed by atoms with Gasteiger partial charge in [0.25, 0.3) is 0 Å². The maximum absolute atomic E-state index is 10.4. The fraction of sp³-hybridized carbons (Fsp3) is 0.500. The summed E-state index contributed by atoms with van der Waals surface area (Å²) in [4.78, 5) is 20.6. The van der Waals surface area contributed by atoms with Gasteiger partial charge in [0.15, 0.2) is 5.65 Å². The van der Waals surface area contributed by atoms with E-state index < -0.39 is 0 Å². The number of likely N-dealkylation sites (tertiary alicyclic amines) is 1. The van der Waals surface area contributed by atoms with E-state index in [1.807, 2.05) is 36.7 Å².